The molecule has 5 heterocycles. The fourth-order valence-corrected chi connectivity index (χ4v) is 5.23. The Balaban J connectivity index is 1.42. The molecule has 36 heavy (non-hydrogen) atoms. The predicted molar refractivity (Wildman–Crippen MR) is 138 cm³/mol. The number of benzene rings is 1. The van der Waals surface area contributed by atoms with Gasteiger partial charge in [-0.25, -0.2) is 4.52 Å². The SMILES string of the molecule is Cc1c(-c2cc(OC(C)c3nccc4ccccc34)c3c(Cl)cnn3c2)nn2c1CCN(C#N)CC2. The largest absolute Gasteiger partial charge is 0.482 e. The molecule has 0 saturated heterocycles. The number of rotatable bonds is 4. The molecule has 1 atom stereocenters. The fourth-order valence-electron chi connectivity index (χ4n) is 5.01. The first-order valence-corrected chi connectivity index (χ1v) is 12.3. The molecule has 0 aliphatic carbocycles. The zero-order valence-electron chi connectivity index (χ0n) is 20.0. The molecule has 0 amide bonds. The van der Waals surface area contributed by atoms with Crippen molar-refractivity contribution in [1.82, 2.24) is 29.3 Å². The van der Waals surface area contributed by atoms with Crippen LogP contribution in [0.15, 0.2) is 55.0 Å². The average molecular weight is 498 g/mol. The Morgan fingerprint density at radius 2 is 2.03 bits per heavy atom. The Hall–Kier alpha value is -4.09. The summed E-state index contributed by atoms with van der Waals surface area (Å²) in [7, 11) is 0. The van der Waals surface area contributed by atoms with Gasteiger partial charge in [0.05, 0.1) is 29.2 Å². The third-order valence-electron chi connectivity index (χ3n) is 6.86. The van der Waals surface area contributed by atoms with Crippen molar-refractivity contribution >= 4 is 27.9 Å². The van der Waals surface area contributed by atoms with Crippen molar-refractivity contribution in [3.8, 4) is 23.2 Å². The van der Waals surface area contributed by atoms with Crippen LogP contribution < -0.4 is 4.74 Å². The average Bonchev–Trinajstić information content (AvgIpc) is 3.34. The highest BCUT2D eigenvalue weighted by atomic mass is 35.5. The van der Waals surface area contributed by atoms with Gasteiger partial charge in [-0.15, -0.1) is 0 Å². The van der Waals surface area contributed by atoms with E-state index in [4.69, 9.17) is 21.4 Å². The van der Waals surface area contributed by atoms with Crippen LogP contribution in [-0.4, -0.2) is 42.4 Å². The molecule has 1 aromatic carbocycles. The molecule has 0 spiro atoms. The first kappa shape index (κ1) is 22.4. The minimum Gasteiger partial charge on any atom is -0.482 e. The molecule has 180 valence electrons. The van der Waals surface area contributed by atoms with E-state index in [2.05, 4.69) is 35.3 Å². The number of fused-ring (bicyclic) bond motifs is 3. The van der Waals surface area contributed by atoms with E-state index in [9.17, 15) is 5.26 Å². The molecule has 1 aliphatic heterocycles. The maximum atomic E-state index is 9.29. The van der Waals surface area contributed by atoms with E-state index >= 15 is 0 Å². The summed E-state index contributed by atoms with van der Waals surface area (Å²) >= 11 is 6.53. The summed E-state index contributed by atoms with van der Waals surface area (Å²) in [5, 5.41) is 21.4. The highest BCUT2D eigenvalue weighted by Gasteiger charge is 2.23. The van der Waals surface area contributed by atoms with Gasteiger partial charge in [0.2, 0.25) is 0 Å². The van der Waals surface area contributed by atoms with Gasteiger partial charge in [-0.2, -0.15) is 15.5 Å². The van der Waals surface area contributed by atoms with Gasteiger partial charge in [-0.05, 0) is 36.9 Å². The zero-order chi connectivity index (χ0) is 24.8. The van der Waals surface area contributed by atoms with Crippen LogP contribution in [0.25, 0.3) is 27.5 Å². The van der Waals surface area contributed by atoms with E-state index in [-0.39, 0.29) is 6.10 Å². The van der Waals surface area contributed by atoms with Gasteiger partial charge in [0.1, 0.15) is 17.4 Å². The molecular formula is C27H24ClN7O. The predicted octanol–water partition coefficient (Wildman–Crippen LogP) is 5.19. The third kappa shape index (κ3) is 3.73. The molecule has 0 N–H and O–H groups in total. The van der Waals surface area contributed by atoms with Crippen LogP contribution in [0.5, 0.6) is 5.75 Å². The van der Waals surface area contributed by atoms with E-state index < -0.39 is 0 Å². The van der Waals surface area contributed by atoms with Crippen molar-refractivity contribution in [1.29, 1.82) is 5.26 Å². The number of aromatic nitrogens is 5. The van der Waals surface area contributed by atoms with E-state index in [1.807, 2.05) is 48.3 Å². The van der Waals surface area contributed by atoms with E-state index in [0.29, 0.717) is 35.9 Å². The van der Waals surface area contributed by atoms with Crippen molar-refractivity contribution in [2.24, 2.45) is 0 Å². The smallest absolute Gasteiger partial charge is 0.179 e. The van der Waals surface area contributed by atoms with Crippen LogP contribution in [0.2, 0.25) is 5.02 Å². The summed E-state index contributed by atoms with van der Waals surface area (Å²) in [5.74, 6) is 0.621. The first-order valence-electron chi connectivity index (χ1n) is 11.9. The molecule has 0 bridgehead atoms. The number of halogens is 1. The Labute approximate surface area is 213 Å². The maximum absolute atomic E-state index is 9.29. The summed E-state index contributed by atoms with van der Waals surface area (Å²) in [4.78, 5) is 6.41. The normalized spacial score (nSPS) is 14.4. The van der Waals surface area contributed by atoms with Gasteiger partial charge in [0.25, 0.3) is 0 Å². The molecule has 0 radical (unpaired) electrons. The summed E-state index contributed by atoms with van der Waals surface area (Å²) in [6, 6.07) is 12.1. The zero-order valence-corrected chi connectivity index (χ0v) is 20.8. The molecular weight excluding hydrogens is 474 g/mol. The monoisotopic (exact) mass is 497 g/mol. The number of pyridine rings is 2. The molecule has 0 fully saturated rings. The Bertz CT molecular complexity index is 1640. The van der Waals surface area contributed by atoms with Gasteiger partial charge in [0.15, 0.2) is 6.19 Å². The summed E-state index contributed by atoms with van der Waals surface area (Å²) in [6.45, 7) is 6.10. The minimum atomic E-state index is -0.321. The van der Waals surface area contributed by atoms with Crippen LogP contribution in [0.3, 0.4) is 0 Å². The molecule has 6 rings (SSSR count). The van der Waals surface area contributed by atoms with Gasteiger partial charge in [-0.3, -0.25) is 9.67 Å². The highest BCUT2D eigenvalue weighted by Crippen LogP contribution is 2.36. The topological polar surface area (TPSA) is 84.3 Å². The molecule has 1 unspecified atom stereocenters. The molecule has 0 saturated carbocycles. The van der Waals surface area contributed by atoms with Crippen molar-refractivity contribution in [2.75, 3.05) is 13.1 Å². The quantitative estimate of drug-likeness (QED) is 0.318. The van der Waals surface area contributed by atoms with E-state index in [1.165, 1.54) is 0 Å². The van der Waals surface area contributed by atoms with Crippen LogP contribution in [0.1, 0.15) is 30.0 Å². The van der Waals surface area contributed by atoms with Crippen LogP contribution >= 0.6 is 11.6 Å². The molecule has 4 aromatic heterocycles. The fraction of sp³-hybridized carbons (Fsp3) is 0.259. The van der Waals surface area contributed by atoms with Crippen LogP contribution in [0.4, 0.5) is 0 Å². The lowest BCUT2D eigenvalue weighted by molar-refractivity contribution is 0.226. The lowest BCUT2D eigenvalue weighted by atomic mass is 10.1. The number of nitriles is 1. The lowest BCUT2D eigenvalue weighted by Gasteiger charge is -2.18. The minimum absolute atomic E-state index is 0.321. The molecule has 8 nitrogen and oxygen atoms in total. The lowest BCUT2D eigenvalue weighted by Crippen LogP contribution is -2.21. The summed E-state index contributed by atoms with van der Waals surface area (Å²) < 4.78 is 10.3. The maximum Gasteiger partial charge on any atom is 0.179 e. The summed E-state index contributed by atoms with van der Waals surface area (Å²) in [6.07, 6.45) is 8.08. The van der Waals surface area contributed by atoms with Crippen LogP contribution in [0, 0.1) is 18.4 Å². The molecule has 1 aliphatic rings. The molecule has 9 heteroatoms. The number of hydrogen-bond acceptors (Lipinski definition) is 6. The van der Waals surface area contributed by atoms with Gasteiger partial charge >= 0.3 is 0 Å². The number of hydrogen-bond donors (Lipinski definition) is 0. The standard InChI is InChI=1S/C27H24ClN7O/c1-17-23-8-10-33(16-29)11-12-34(23)32-25(17)20-13-24(27-22(28)14-31-35(27)15-20)36-18(2)26-21-6-4-3-5-19(21)7-9-30-26/h3-7,9,13-15,18H,8,10-12H2,1-2H3. The van der Waals surface area contributed by atoms with E-state index in [1.54, 1.807) is 15.6 Å². The second kappa shape index (κ2) is 8.85. The third-order valence-corrected chi connectivity index (χ3v) is 7.14. The second-order valence-electron chi connectivity index (χ2n) is 9.04. The first-order chi connectivity index (χ1) is 17.5. The second-order valence-corrected chi connectivity index (χ2v) is 9.44. The highest BCUT2D eigenvalue weighted by molar-refractivity contribution is 6.34. The van der Waals surface area contributed by atoms with Crippen LogP contribution in [-0.2, 0) is 13.0 Å². The van der Waals surface area contributed by atoms with Crippen molar-refractivity contribution < 1.29 is 4.74 Å². The van der Waals surface area contributed by atoms with Crippen molar-refractivity contribution in [3.05, 3.63) is 77.0 Å². The van der Waals surface area contributed by atoms with Crippen molar-refractivity contribution in [2.45, 2.75) is 32.9 Å². The molecule has 5 aromatic rings. The number of nitrogens with zero attached hydrogens (tertiary/aromatic N) is 7. The Kier molecular flexibility index (Phi) is 5.50. The Morgan fingerprint density at radius 1 is 1.17 bits per heavy atom. The Morgan fingerprint density at radius 3 is 2.89 bits per heavy atom. The number of ether oxygens (including phenoxy) is 1. The van der Waals surface area contributed by atoms with E-state index in [0.717, 1.165) is 45.4 Å². The van der Waals surface area contributed by atoms with Crippen molar-refractivity contribution in [3.63, 3.8) is 0 Å². The van der Waals surface area contributed by atoms with Gasteiger partial charge in [-0.1, -0.05) is 35.9 Å². The van der Waals surface area contributed by atoms with Gasteiger partial charge < -0.3 is 9.64 Å². The summed E-state index contributed by atoms with van der Waals surface area (Å²) in [5.41, 5.74) is 5.59. The van der Waals surface area contributed by atoms with Gasteiger partial charge in [0, 0.05) is 48.5 Å².